The van der Waals surface area contributed by atoms with Crippen molar-refractivity contribution in [2.45, 2.75) is 33.6 Å². The summed E-state index contributed by atoms with van der Waals surface area (Å²) in [5, 5.41) is 0. The molecule has 0 unspecified atom stereocenters. The number of nitrogens with zero attached hydrogens (tertiary/aromatic N) is 2. The van der Waals surface area contributed by atoms with E-state index in [9.17, 15) is 9.59 Å². The van der Waals surface area contributed by atoms with Crippen LogP contribution in [0.2, 0.25) is 0 Å². The first-order valence-corrected chi connectivity index (χ1v) is 6.92. The molecule has 0 aliphatic carbocycles. The lowest BCUT2D eigenvalue weighted by molar-refractivity contribution is -0.140. The lowest BCUT2D eigenvalue weighted by atomic mass is 9.94. The summed E-state index contributed by atoms with van der Waals surface area (Å²) >= 11 is 0. The average Bonchev–Trinajstić information content (AvgIpc) is 2.59. The third-order valence-corrected chi connectivity index (χ3v) is 3.30. The molecule has 19 heavy (non-hydrogen) atoms. The summed E-state index contributed by atoms with van der Waals surface area (Å²) in [5.41, 5.74) is -0.352. The van der Waals surface area contributed by atoms with Crippen LogP contribution >= 0.6 is 0 Å². The standard InChI is InChI=1S/C14H26N2O3/c1-14(2,3)13(18)16-8-5-7-15(9-10-16)12(17)6-11-19-4/h5-11H2,1-4H3. The highest BCUT2D eigenvalue weighted by atomic mass is 16.5. The molecule has 0 saturated carbocycles. The predicted molar refractivity (Wildman–Crippen MR) is 73.7 cm³/mol. The predicted octanol–water partition coefficient (Wildman–Crippen LogP) is 1.13. The van der Waals surface area contributed by atoms with Crippen LogP contribution < -0.4 is 0 Å². The zero-order chi connectivity index (χ0) is 14.5. The molecule has 0 aromatic carbocycles. The van der Waals surface area contributed by atoms with Gasteiger partial charge >= 0.3 is 0 Å². The molecule has 1 rings (SSSR count). The molecule has 0 radical (unpaired) electrons. The van der Waals surface area contributed by atoms with E-state index in [1.54, 1.807) is 7.11 Å². The average molecular weight is 270 g/mol. The molecule has 5 nitrogen and oxygen atoms in total. The Bertz CT molecular complexity index is 323. The van der Waals surface area contributed by atoms with Crippen molar-refractivity contribution in [1.82, 2.24) is 9.80 Å². The highest BCUT2D eigenvalue weighted by molar-refractivity contribution is 5.81. The number of carbonyl (C=O) groups is 2. The third kappa shape index (κ3) is 4.82. The molecule has 110 valence electrons. The van der Waals surface area contributed by atoms with Gasteiger partial charge in [0.05, 0.1) is 13.0 Å². The minimum atomic E-state index is -0.352. The summed E-state index contributed by atoms with van der Waals surface area (Å²) in [7, 11) is 1.60. The zero-order valence-electron chi connectivity index (χ0n) is 12.6. The zero-order valence-corrected chi connectivity index (χ0v) is 12.6. The van der Waals surface area contributed by atoms with Crippen molar-refractivity contribution < 1.29 is 14.3 Å². The normalized spacial score (nSPS) is 17.3. The maximum absolute atomic E-state index is 12.2. The Morgan fingerprint density at radius 3 is 2.21 bits per heavy atom. The fourth-order valence-electron chi connectivity index (χ4n) is 2.19. The second kappa shape index (κ2) is 6.89. The van der Waals surface area contributed by atoms with Gasteiger partial charge in [-0.15, -0.1) is 0 Å². The van der Waals surface area contributed by atoms with Gasteiger partial charge in [-0.3, -0.25) is 9.59 Å². The van der Waals surface area contributed by atoms with Crippen molar-refractivity contribution in [3.8, 4) is 0 Å². The van der Waals surface area contributed by atoms with Crippen LogP contribution in [0.3, 0.4) is 0 Å². The van der Waals surface area contributed by atoms with Crippen LogP contribution in [0.5, 0.6) is 0 Å². The van der Waals surface area contributed by atoms with Crippen molar-refractivity contribution in [1.29, 1.82) is 0 Å². The molecule has 0 aromatic heterocycles. The molecule has 1 fully saturated rings. The van der Waals surface area contributed by atoms with Crippen LogP contribution in [0, 0.1) is 5.41 Å². The van der Waals surface area contributed by atoms with Gasteiger partial charge in [-0.05, 0) is 6.42 Å². The molecule has 0 spiro atoms. The number of hydrogen-bond donors (Lipinski definition) is 0. The summed E-state index contributed by atoms with van der Waals surface area (Å²) in [6, 6.07) is 0. The van der Waals surface area contributed by atoms with E-state index in [1.807, 2.05) is 30.6 Å². The molecular formula is C14H26N2O3. The molecule has 1 aliphatic rings. The quantitative estimate of drug-likeness (QED) is 0.772. The highest BCUT2D eigenvalue weighted by Crippen LogP contribution is 2.18. The second-order valence-corrected chi connectivity index (χ2v) is 6.02. The van der Waals surface area contributed by atoms with Gasteiger partial charge in [-0.2, -0.15) is 0 Å². The van der Waals surface area contributed by atoms with Crippen molar-refractivity contribution >= 4 is 11.8 Å². The van der Waals surface area contributed by atoms with E-state index in [-0.39, 0.29) is 17.2 Å². The molecule has 1 heterocycles. The Morgan fingerprint density at radius 1 is 1.05 bits per heavy atom. The number of rotatable bonds is 3. The summed E-state index contributed by atoms with van der Waals surface area (Å²) < 4.78 is 4.93. The minimum absolute atomic E-state index is 0.118. The Morgan fingerprint density at radius 2 is 1.63 bits per heavy atom. The Balaban J connectivity index is 2.52. The molecular weight excluding hydrogens is 244 g/mol. The van der Waals surface area contributed by atoms with E-state index in [1.165, 1.54) is 0 Å². The number of methoxy groups -OCH3 is 1. The van der Waals surface area contributed by atoms with Gasteiger partial charge in [-0.1, -0.05) is 20.8 Å². The molecule has 1 saturated heterocycles. The van der Waals surface area contributed by atoms with Gasteiger partial charge in [0.25, 0.3) is 0 Å². The fraction of sp³-hybridized carbons (Fsp3) is 0.857. The lowest BCUT2D eigenvalue weighted by Crippen LogP contribution is -2.42. The molecule has 2 amide bonds. The van der Waals surface area contributed by atoms with Gasteiger partial charge < -0.3 is 14.5 Å². The van der Waals surface area contributed by atoms with E-state index in [2.05, 4.69) is 0 Å². The van der Waals surface area contributed by atoms with E-state index < -0.39 is 0 Å². The summed E-state index contributed by atoms with van der Waals surface area (Å²) in [6.45, 7) is 8.99. The molecule has 1 aliphatic heterocycles. The van der Waals surface area contributed by atoms with E-state index in [0.717, 1.165) is 19.5 Å². The third-order valence-electron chi connectivity index (χ3n) is 3.30. The topological polar surface area (TPSA) is 49.9 Å². The van der Waals surface area contributed by atoms with Crippen molar-refractivity contribution in [2.24, 2.45) is 5.41 Å². The summed E-state index contributed by atoms with van der Waals surface area (Å²) in [4.78, 5) is 27.9. The van der Waals surface area contributed by atoms with Gasteiger partial charge in [0.2, 0.25) is 11.8 Å². The highest BCUT2D eigenvalue weighted by Gasteiger charge is 2.29. The van der Waals surface area contributed by atoms with Gasteiger partial charge in [0, 0.05) is 38.7 Å². The van der Waals surface area contributed by atoms with Crippen LogP contribution in [-0.4, -0.2) is 61.5 Å². The first-order valence-electron chi connectivity index (χ1n) is 6.92. The number of carbonyl (C=O) groups excluding carboxylic acids is 2. The van der Waals surface area contributed by atoms with Gasteiger partial charge in [0.1, 0.15) is 0 Å². The Kier molecular flexibility index (Phi) is 5.79. The number of hydrogen-bond acceptors (Lipinski definition) is 3. The monoisotopic (exact) mass is 270 g/mol. The maximum atomic E-state index is 12.2. The number of amides is 2. The van der Waals surface area contributed by atoms with E-state index in [4.69, 9.17) is 4.74 Å². The molecule has 0 N–H and O–H groups in total. The smallest absolute Gasteiger partial charge is 0.228 e. The SMILES string of the molecule is COCCC(=O)N1CCCN(C(=O)C(C)(C)C)CC1. The Labute approximate surface area is 115 Å². The number of ether oxygens (including phenoxy) is 1. The second-order valence-electron chi connectivity index (χ2n) is 6.02. The van der Waals surface area contributed by atoms with Crippen molar-refractivity contribution in [3.05, 3.63) is 0 Å². The van der Waals surface area contributed by atoms with Crippen LogP contribution in [0.15, 0.2) is 0 Å². The largest absolute Gasteiger partial charge is 0.384 e. The first kappa shape index (κ1) is 16.0. The first-order chi connectivity index (χ1) is 8.86. The van der Waals surface area contributed by atoms with Crippen molar-refractivity contribution in [3.63, 3.8) is 0 Å². The van der Waals surface area contributed by atoms with Gasteiger partial charge in [0.15, 0.2) is 0 Å². The fourth-order valence-corrected chi connectivity index (χ4v) is 2.19. The molecule has 5 heteroatoms. The van der Waals surface area contributed by atoms with E-state index >= 15 is 0 Å². The van der Waals surface area contributed by atoms with Crippen LogP contribution in [-0.2, 0) is 14.3 Å². The van der Waals surface area contributed by atoms with E-state index in [0.29, 0.717) is 26.1 Å². The lowest BCUT2D eigenvalue weighted by Gasteiger charge is -2.28. The van der Waals surface area contributed by atoms with Crippen LogP contribution in [0.25, 0.3) is 0 Å². The maximum Gasteiger partial charge on any atom is 0.228 e. The van der Waals surface area contributed by atoms with Crippen LogP contribution in [0.4, 0.5) is 0 Å². The summed E-state index contributed by atoms with van der Waals surface area (Å²) in [5.74, 6) is 0.283. The Hall–Kier alpha value is -1.10. The summed E-state index contributed by atoms with van der Waals surface area (Å²) in [6.07, 6.45) is 1.27. The minimum Gasteiger partial charge on any atom is -0.384 e. The van der Waals surface area contributed by atoms with Crippen LogP contribution in [0.1, 0.15) is 33.6 Å². The molecule has 0 atom stereocenters. The van der Waals surface area contributed by atoms with Gasteiger partial charge in [-0.25, -0.2) is 0 Å². The molecule has 0 aromatic rings. The molecule has 0 bridgehead atoms. The van der Waals surface area contributed by atoms with Crippen molar-refractivity contribution in [2.75, 3.05) is 39.9 Å².